The van der Waals surface area contributed by atoms with E-state index in [9.17, 15) is 22.8 Å². The van der Waals surface area contributed by atoms with E-state index in [2.05, 4.69) is 25.0 Å². The molecule has 2 aromatic heterocycles. The van der Waals surface area contributed by atoms with E-state index in [4.69, 9.17) is 19.7 Å². The van der Waals surface area contributed by atoms with Crippen molar-refractivity contribution in [3.63, 3.8) is 0 Å². The van der Waals surface area contributed by atoms with Gasteiger partial charge in [0.1, 0.15) is 31.3 Å². The lowest BCUT2D eigenvalue weighted by molar-refractivity contribution is -0.144. The van der Waals surface area contributed by atoms with Crippen LogP contribution in [0.4, 0.5) is 36.8 Å². The number of ether oxygens (including phenoxy) is 1. The Bertz CT molecular complexity index is 1830. The van der Waals surface area contributed by atoms with Crippen molar-refractivity contribution in [2.24, 2.45) is 5.73 Å². The number of amides is 2. The van der Waals surface area contributed by atoms with E-state index >= 15 is 13.2 Å². The summed E-state index contributed by atoms with van der Waals surface area (Å²) < 4.78 is 94.9. The molecule has 0 atom stereocenters. The number of halogens is 6. The third-order valence-corrected chi connectivity index (χ3v) is 6.71. The molecule has 5 rings (SSSR count). The minimum Gasteiger partial charge on any atom is -0.444 e. The van der Waals surface area contributed by atoms with Crippen LogP contribution >= 0.6 is 0 Å². The van der Waals surface area contributed by atoms with Crippen LogP contribution in [0.1, 0.15) is 91.1 Å². The molecule has 0 bridgehead atoms. The zero-order chi connectivity index (χ0) is 41.8. The van der Waals surface area contributed by atoms with Crippen molar-refractivity contribution in [2.75, 3.05) is 4.90 Å². The lowest BCUT2D eigenvalue weighted by Crippen LogP contribution is -2.29. The van der Waals surface area contributed by atoms with Gasteiger partial charge in [-0.15, -0.1) is 15.3 Å². The lowest BCUT2D eigenvalue weighted by atomic mass is 9.97. The Labute approximate surface area is 307 Å². The standard InChI is InChI=1S/C26H22F6N6O2.C5H11NO2.C2H6.2CH2O/c1-24(2,3)23-35-34-21(40-23)16-10-19-17(11-18(16)27)25(28,29)9-8-20(39)37(19)12-14-4-6-15(7-5-14)38-13-33-22(36-38)26(30,31)32;1-5(2,3)8-4(6)7;3*1-2/h4-7,10-11,13H,8-9,12H2,1-3H3;1-3H3,(H2,6,7);1-2H3;2*1H2. The summed E-state index contributed by atoms with van der Waals surface area (Å²) in [4.78, 5) is 43.4. The fourth-order valence-electron chi connectivity index (χ4n) is 4.47. The molecule has 0 fully saturated rings. The number of aromatic nitrogens is 5. The van der Waals surface area contributed by atoms with Crippen LogP contribution in [0.15, 0.2) is 47.1 Å². The fraction of sp³-hybridized carbons (Fsp3) is 0.429. The SMILES string of the molecule is C=O.C=O.CC.CC(C)(C)OC(N)=O.CC(C)(C)c1nnc(-c2cc3c(cc2F)C(F)(F)CCC(=O)N3Cc2ccc(-n3cnc(C(F)(F)F)n3)cc2)o1. The zero-order valence-corrected chi connectivity index (χ0v) is 31.1. The van der Waals surface area contributed by atoms with Crippen LogP contribution in [-0.2, 0) is 43.2 Å². The molecule has 2 aromatic carbocycles. The van der Waals surface area contributed by atoms with Gasteiger partial charge in [-0.2, -0.15) is 13.2 Å². The average Bonchev–Trinajstić information content (AvgIpc) is 3.79. The molecule has 4 aromatic rings. The summed E-state index contributed by atoms with van der Waals surface area (Å²) in [5, 5.41) is 11.2. The van der Waals surface area contributed by atoms with Crippen LogP contribution in [0, 0.1) is 5.82 Å². The maximum Gasteiger partial charge on any atom is 0.453 e. The van der Waals surface area contributed by atoms with Gasteiger partial charge in [-0.3, -0.25) is 4.79 Å². The Balaban J connectivity index is 0.000000905. The van der Waals surface area contributed by atoms with E-state index in [1.54, 1.807) is 20.8 Å². The third kappa shape index (κ3) is 12.5. The Morgan fingerprint density at radius 2 is 1.56 bits per heavy atom. The number of alkyl halides is 5. The molecular formula is C35H43F6N7O6. The predicted octanol–water partition coefficient (Wildman–Crippen LogP) is 7.73. The maximum atomic E-state index is 15.1. The summed E-state index contributed by atoms with van der Waals surface area (Å²) in [5.74, 6) is -6.43. The summed E-state index contributed by atoms with van der Waals surface area (Å²) in [6.07, 6.45) is -5.83. The second-order valence-electron chi connectivity index (χ2n) is 12.9. The van der Waals surface area contributed by atoms with Gasteiger partial charge in [0, 0.05) is 23.8 Å². The fourth-order valence-corrected chi connectivity index (χ4v) is 4.47. The molecule has 0 radical (unpaired) electrons. The van der Waals surface area contributed by atoms with Crippen LogP contribution in [0.5, 0.6) is 0 Å². The smallest absolute Gasteiger partial charge is 0.444 e. The van der Waals surface area contributed by atoms with E-state index in [1.807, 2.05) is 48.2 Å². The van der Waals surface area contributed by atoms with Crippen LogP contribution in [-0.4, -0.2) is 56.1 Å². The minimum absolute atomic E-state index is 0.171. The Morgan fingerprint density at radius 1 is 0.981 bits per heavy atom. The first-order valence-corrected chi connectivity index (χ1v) is 16.1. The maximum absolute atomic E-state index is 15.1. The molecule has 1 aliphatic heterocycles. The van der Waals surface area contributed by atoms with Crippen molar-refractivity contribution in [1.29, 1.82) is 0 Å². The van der Waals surface area contributed by atoms with Gasteiger partial charge < -0.3 is 29.4 Å². The number of nitrogens with zero attached hydrogens (tertiary/aromatic N) is 6. The van der Waals surface area contributed by atoms with Crippen LogP contribution in [0.3, 0.4) is 0 Å². The normalized spacial score (nSPS) is 13.5. The van der Waals surface area contributed by atoms with Crippen LogP contribution < -0.4 is 10.6 Å². The van der Waals surface area contributed by atoms with Crippen molar-refractivity contribution in [3.8, 4) is 17.1 Å². The third-order valence-electron chi connectivity index (χ3n) is 6.71. The van der Waals surface area contributed by atoms with Crippen LogP contribution in [0.25, 0.3) is 17.1 Å². The van der Waals surface area contributed by atoms with Crippen molar-refractivity contribution in [1.82, 2.24) is 25.0 Å². The van der Waals surface area contributed by atoms with E-state index in [1.165, 1.54) is 24.3 Å². The number of rotatable bonds is 4. The molecule has 2 N–H and O–H groups in total. The number of benzene rings is 2. The summed E-state index contributed by atoms with van der Waals surface area (Å²) in [6.45, 7) is 18.5. The average molecular weight is 772 g/mol. The quantitative estimate of drug-likeness (QED) is 0.202. The number of fused-ring (bicyclic) bond motifs is 1. The number of primary amides is 1. The van der Waals surface area contributed by atoms with Crippen molar-refractivity contribution in [2.45, 2.75) is 97.9 Å². The van der Waals surface area contributed by atoms with Gasteiger partial charge in [-0.25, -0.2) is 27.6 Å². The molecule has 0 aliphatic carbocycles. The lowest BCUT2D eigenvalue weighted by Gasteiger charge is -2.25. The predicted molar refractivity (Wildman–Crippen MR) is 185 cm³/mol. The summed E-state index contributed by atoms with van der Waals surface area (Å²) >= 11 is 0. The molecule has 1 aliphatic rings. The minimum atomic E-state index is -4.71. The molecule has 2 amide bonds. The van der Waals surface area contributed by atoms with Crippen molar-refractivity contribution in [3.05, 3.63) is 71.4 Å². The van der Waals surface area contributed by atoms with Gasteiger partial charge in [0.15, 0.2) is 0 Å². The number of nitrogens with two attached hydrogens (primary N) is 1. The molecule has 296 valence electrons. The molecule has 0 unspecified atom stereocenters. The monoisotopic (exact) mass is 771 g/mol. The van der Waals surface area contributed by atoms with Gasteiger partial charge in [-0.1, -0.05) is 46.8 Å². The molecule has 13 nitrogen and oxygen atoms in total. The highest BCUT2D eigenvalue weighted by Gasteiger charge is 2.42. The van der Waals surface area contributed by atoms with Gasteiger partial charge in [0.25, 0.3) is 17.6 Å². The number of carbonyl (C=O) groups is 4. The van der Waals surface area contributed by atoms with Gasteiger partial charge >= 0.3 is 12.3 Å². The molecular weight excluding hydrogens is 728 g/mol. The van der Waals surface area contributed by atoms with E-state index in [0.29, 0.717) is 11.6 Å². The summed E-state index contributed by atoms with van der Waals surface area (Å²) in [5.41, 5.74) is 3.35. The highest BCUT2D eigenvalue weighted by molar-refractivity contribution is 5.96. The molecule has 54 heavy (non-hydrogen) atoms. The number of hydrogen-bond donors (Lipinski definition) is 1. The van der Waals surface area contributed by atoms with Crippen molar-refractivity contribution < 1.29 is 54.7 Å². The van der Waals surface area contributed by atoms with Gasteiger partial charge in [0.2, 0.25) is 11.8 Å². The highest BCUT2D eigenvalue weighted by atomic mass is 19.4. The zero-order valence-electron chi connectivity index (χ0n) is 31.1. The summed E-state index contributed by atoms with van der Waals surface area (Å²) in [6, 6.07) is 7.71. The number of hydrogen-bond acceptors (Lipinski definition) is 10. The van der Waals surface area contributed by atoms with Gasteiger partial charge in [-0.05, 0) is 50.6 Å². The first kappa shape index (κ1) is 46.4. The second kappa shape index (κ2) is 18.9. The number of anilines is 1. The molecule has 3 heterocycles. The summed E-state index contributed by atoms with van der Waals surface area (Å²) in [7, 11) is 0. The highest BCUT2D eigenvalue weighted by Crippen LogP contribution is 2.45. The topological polar surface area (TPSA) is 176 Å². The molecule has 0 saturated heterocycles. The number of carbonyl (C=O) groups excluding carboxylic acids is 4. The first-order valence-electron chi connectivity index (χ1n) is 16.1. The van der Waals surface area contributed by atoms with E-state index in [-0.39, 0.29) is 35.3 Å². The van der Waals surface area contributed by atoms with Crippen LogP contribution in [0.2, 0.25) is 0 Å². The van der Waals surface area contributed by atoms with Crippen molar-refractivity contribution >= 4 is 31.3 Å². The first-order chi connectivity index (χ1) is 25.0. The molecule has 0 saturated carbocycles. The molecule has 0 spiro atoms. The Morgan fingerprint density at radius 3 is 2.00 bits per heavy atom. The molecule has 19 heteroatoms. The Kier molecular flexibility index (Phi) is 16.3. The van der Waals surface area contributed by atoms with Gasteiger partial charge in [0.05, 0.1) is 23.5 Å². The van der Waals surface area contributed by atoms with E-state index < -0.39 is 65.2 Å². The van der Waals surface area contributed by atoms with E-state index in [0.717, 1.165) is 22.0 Å². The Hall–Kier alpha value is -5.62. The largest absolute Gasteiger partial charge is 0.453 e. The second-order valence-corrected chi connectivity index (χ2v) is 12.9.